The number of aryl methyl sites for hydroxylation is 1. The number of ether oxygens (including phenoxy) is 1. The number of benzene rings is 3. The summed E-state index contributed by atoms with van der Waals surface area (Å²) in [5, 5.41) is 2.48. The average molecular weight is 498 g/mol. The molecule has 1 aromatic heterocycles. The van der Waals surface area contributed by atoms with Gasteiger partial charge in [0.15, 0.2) is 29.9 Å². The minimum absolute atomic E-state index is 0.00676. The van der Waals surface area contributed by atoms with Gasteiger partial charge >= 0.3 is 5.97 Å². The predicted octanol–water partition coefficient (Wildman–Crippen LogP) is 4.87. The number of carbonyl (C=O) groups is 2. The minimum atomic E-state index is -1.81. The molecule has 0 saturated heterocycles. The molecule has 4 aromatic rings. The van der Waals surface area contributed by atoms with Gasteiger partial charge in [-0.2, -0.15) is 0 Å². The molecular formula is C26H18F4N2O4. The number of nitrogens with zero attached hydrogens (tertiary/aromatic N) is 1. The van der Waals surface area contributed by atoms with Gasteiger partial charge < -0.3 is 14.6 Å². The second-order valence-electron chi connectivity index (χ2n) is 7.97. The fraction of sp³-hybridized carbons (Fsp3) is 0.115. The maximum absolute atomic E-state index is 13.8. The lowest BCUT2D eigenvalue weighted by molar-refractivity contribution is -0.119. The Morgan fingerprint density at radius 1 is 0.917 bits per heavy atom. The molecule has 6 nitrogen and oxygen atoms in total. The van der Waals surface area contributed by atoms with Crippen LogP contribution < -0.4 is 10.9 Å². The van der Waals surface area contributed by atoms with Crippen molar-refractivity contribution in [3.05, 3.63) is 99.5 Å². The van der Waals surface area contributed by atoms with Crippen molar-refractivity contribution in [3.63, 3.8) is 0 Å². The number of nitrogens with one attached hydrogen (secondary N) is 1. The number of rotatable bonds is 5. The van der Waals surface area contributed by atoms with Crippen LogP contribution in [-0.4, -0.2) is 23.1 Å². The van der Waals surface area contributed by atoms with Crippen LogP contribution >= 0.6 is 0 Å². The number of aromatic nitrogens is 1. The van der Waals surface area contributed by atoms with E-state index in [0.717, 1.165) is 10.1 Å². The van der Waals surface area contributed by atoms with E-state index in [1.165, 1.54) is 7.05 Å². The van der Waals surface area contributed by atoms with Gasteiger partial charge in [-0.15, -0.1) is 0 Å². The Labute approximate surface area is 201 Å². The van der Waals surface area contributed by atoms with E-state index in [1.807, 2.05) is 19.1 Å². The monoisotopic (exact) mass is 498 g/mol. The van der Waals surface area contributed by atoms with Crippen molar-refractivity contribution >= 4 is 28.3 Å². The van der Waals surface area contributed by atoms with Crippen LogP contribution in [0.2, 0.25) is 0 Å². The normalized spacial score (nSPS) is 10.9. The highest BCUT2D eigenvalue weighted by atomic mass is 19.2. The molecule has 10 heteroatoms. The number of esters is 1. The number of carbonyl (C=O) groups excluding carboxylic acids is 2. The molecular weight excluding hydrogens is 480 g/mol. The molecule has 1 heterocycles. The van der Waals surface area contributed by atoms with E-state index in [-0.39, 0.29) is 11.8 Å². The van der Waals surface area contributed by atoms with Crippen LogP contribution in [0.5, 0.6) is 0 Å². The molecule has 184 valence electrons. The van der Waals surface area contributed by atoms with Gasteiger partial charge in [-0.25, -0.2) is 22.4 Å². The van der Waals surface area contributed by atoms with Crippen molar-refractivity contribution < 1.29 is 31.9 Å². The van der Waals surface area contributed by atoms with E-state index in [0.29, 0.717) is 21.9 Å². The Hall–Kier alpha value is -4.47. The van der Waals surface area contributed by atoms with Gasteiger partial charge in [0.1, 0.15) is 11.4 Å². The molecule has 3 aromatic carbocycles. The summed E-state index contributed by atoms with van der Waals surface area (Å²) in [5.41, 5.74) is -0.0683. The third kappa shape index (κ3) is 4.45. The van der Waals surface area contributed by atoms with E-state index in [2.05, 4.69) is 0 Å². The number of fused-ring (bicyclic) bond motifs is 1. The summed E-state index contributed by atoms with van der Waals surface area (Å²) in [6.07, 6.45) is 0. The SMILES string of the molecule is Cc1ccc(-c2c(C(=O)OCC(=O)Nc3c(F)c(F)cc(F)c3F)n(C)c(=O)c3ccccc23)cc1. The first kappa shape index (κ1) is 24.6. The highest BCUT2D eigenvalue weighted by Crippen LogP contribution is 2.31. The summed E-state index contributed by atoms with van der Waals surface area (Å²) in [5.74, 6) is -9.38. The topological polar surface area (TPSA) is 77.4 Å². The van der Waals surface area contributed by atoms with Crippen LogP contribution in [0.4, 0.5) is 23.2 Å². The Kier molecular flexibility index (Phi) is 6.61. The summed E-state index contributed by atoms with van der Waals surface area (Å²) >= 11 is 0. The number of hydrogen-bond donors (Lipinski definition) is 1. The fourth-order valence-electron chi connectivity index (χ4n) is 3.77. The first-order valence-electron chi connectivity index (χ1n) is 10.6. The summed E-state index contributed by atoms with van der Waals surface area (Å²) in [6.45, 7) is 0.830. The molecule has 0 aliphatic heterocycles. The molecule has 0 aliphatic carbocycles. The molecule has 0 atom stereocenters. The third-order valence-electron chi connectivity index (χ3n) is 5.55. The average Bonchev–Trinajstić information content (AvgIpc) is 2.86. The van der Waals surface area contributed by atoms with Gasteiger partial charge in [-0.05, 0) is 23.9 Å². The number of amides is 1. The lowest BCUT2D eigenvalue weighted by atomic mass is 9.96. The zero-order valence-corrected chi connectivity index (χ0v) is 19.0. The Bertz CT molecular complexity index is 1550. The number of halogens is 4. The standard InChI is InChI=1S/C26H18F4N2O4/c1-13-7-9-14(10-8-13)20-15-5-3-4-6-16(15)25(34)32(2)24(20)26(35)36-12-19(33)31-23-21(29)17(27)11-18(28)22(23)30/h3-11H,12H2,1-2H3,(H,31,33). The van der Waals surface area contributed by atoms with E-state index >= 15 is 0 Å². The Morgan fingerprint density at radius 2 is 1.50 bits per heavy atom. The molecule has 0 radical (unpaired) electrons. The van der Waals surface area contributed by atoms with Crippen molar-refractivity contribution in [2.24, 2.45) is 7.05 Å². The molecule has 0 spiro atoms. The second-order valence-corrected chi connectivity index (χ2v) is 7.97. The predicted molar refractivity (Wildman–Crippen MR) is 125 cm³/mol. The molecule has 0 saturated carbocycles. The second kappa shape index (κ2) is 9.65. The maximum atomic E-state index is 13.8. The quantitative estimate of drug-likeness (QED) is 0.242. The summed E-state index contributed by atoms with van der Waals surface area (Å²) in [4.78, 5) is 38.2. The molecule has 0 aliphatic rings. The minimum Gasteiger partial charge on any atom is -0.451 e. The molecule has 4 rings (SSSR count). The molecule has 0 bridgehead atoms. The molecule has 36 heavy (non-hydrogen) atoms. The van der Waals surface area contributed by atoms with E-state index in [4.69, 9.17) is 4.74 Å². The zero-order chi connectivity index (χ0) is 26.1. The van der Waals surface area contributed by atoms with Crippen LogP contribution in [-0.2, 0) is 16.6 Å². The molecule has 1 amide bonds. The van der Waals surface area contributed by atoms with Crippen molar-refractivity contribution in [2.45, 2.75) is 6.92 Å². The summed E-state index contributed by atoms with van der Waals surface area (Å²) in [6, 6.07) is 13.8. The summed E-state index contributed by atoms with van der Waals surface area (Å²) in [7, 11) is 1.36. The van der Waals surface area contributed by atoms with Gasteiger partial charge in [0.05, 0.1) is 0 Å². The number of pyridine rings is 1. The van der Waals surface area contributed by atoms with E-state index < -0.39 is 53.0 Å². The van der Waals surface area contributed by atoms with Crippen LogP contribution in [0.15, 0.2) is 59.4 Å². The van der Waals surface area contributed by atoms with Crippen molar-refractivity contribution in [1.82, 2.24) is 4.57 Å². The third-order valence-corrected chi connectivity index (χ3v) is 5.55. The zero-order valence-electron chi connectivity index (χ0n) is 19.0. The largest absolute Gasteiger partial charge is 0.451 e. The lowest BCUT2D eigenvalue weighted by Crippen LogP contribution is -2.28. The maximum Gasteiger partial charge on any atom is 0.356 e. The fourth-order valence-corrected chi connectivity index (χ4v) is 3.77. The van der Waals surface area contributed by atoms with E-state index in [1.54, 1.807) is 41.7 Å². The van der Waals surface area contributed by atoms with Crippen LogP contribution in [0.3, 0.4) is 0 Å². The Morgan fingerprint density at radius 3 is 2.11 bits per heavy atom. The van der Waals surface area contributed by atoms with Gasteiger partial charge in [0.2, 0.25) is 0 Å². The molecule has 0 unspecified atom stereocenters. The smallest absolute Gasteiger partial charge is 0.356 e. The van der Waals surface area contributed by atoms with Gasteiger partial charge in [-0.3, -0.25) is 9.59 Å². The summed E-state index contributed by atoms with van der Waals surface area (Å²) < 4.78 is 60.6. The van der Waals surface area contributed by atoms with Gasteiger partial charge in [-0.1, -0.05) is 48.0 Å². The van der Waals surface area contributed by atoms with Crippen molar-refractivity contribution in [3.8, 4) is 11.1 Å². The first-order valence-corrected chi connectivity index (χ1v) is 10.6. The van der Waals surface area contributed by atoms with Crippen molar-refractivity contribution in [2.75, 3.05) is 11.9 Å². The van der Waals surface area contributed by atoms with Gasteiger partial charge in [0.25, 0.3) is 11.5 Å². The highest BCUT2D eigenvalue weighted by molar-refractivity contribution is 6.07. The Balaban J connectivity index is 1.70. The van der Waals surface area contributed by atoms with E-state index in [9.17, 15) is 31.9 Å². The van der Waals surface area contributed by atoms with Crippen LogP contribution in [0.1, 0.15) is 16.1 Å². The molecule has 0 fully saturated rings. The highest BCUT2D eigenvalue weighted by Gasteiger charge is 2.25. The lowest BCUT2D eigenvalue weighted by Gasteiger charge is -2.17. The number of hydrogen-bond acceptors (Lipinski definition) is 4. The number of anilines is 1. The first-order chi connectivity index (χ1) is 17.1. The van der Waals surface area contributed by atoms with Gasteiger partial charge in [0, 0.05) is 24.1 Å². The van der Waals surface area contributed by atoms with Crippen LogP contribution in [0, 0.1) is 30.2 Å². The van der Waals surface area contributed by atoms with Crippen LogP contribution in [0.25, 0.3) is 21.9 Å². The molecule has 1 N–H and O–H groups in total. The van der Waals surface area contributed by atoms with Crippen molar-refractivity contribution in [1.29, 1.82) is 0 Å².